The molecule has 2 N–H and O–H groups in total. The summed E-state index contributed by atoms with van der Waals surface area (Å²) in [6.07, 6.45) is 1.55. The second kappa shape index (κ2) is 6.83. The fourth-order valence-electron chi connectivity index (χ4n) is 1.72. The average molecular weight is 287 g/mol. The molecule has 0 spiro atoms. The van der Waals surface area contributed by atoms with E-state index in [1.165, 1.54) is 12.1 Å². The fourth-order valence-corrected chi connectivity index (χ4v) is 1.72. The van der Waals surface area contributed by atoms with E-state index in [4.69, 9.17) is 0 Å². The third-order valence-corrected chi connectivity index (χ3v) is 2.78. The van der Waals surface area contributed by atoms with Crippen LogP contribution < -0.4 is 10.6 Å². The molecule has 2 rings (SSSR count). The first kappa shape index (κ1) is 15.0. The summed E-state index contributed by atoms with van der Waals surface area (Å²) in [5.74, 6) is -0.110. The summed E-state index contributed by atoms with van der Waals surface area (Å²) in [6.45, 7) is 4.67. The highest BCUT2D eigenvalue weighted by Crippen LogP contribution is 2.16. The van der Waals surface area contributed by atoms with Crippen LogP contribution in [0.4, 0.5) is 15.8 Å². The molecule has 0 aliphatic rings. The molecule has 0 atom stereocenters. The van der Waals surface area contributed by atoms with E-state index in [1.807, 2.05) is 13.8 Å². The first-order chi connectivity index (χ1) is 10.0. The molecule has 1 heterocycles. The lowest BCUT2D eigenvalue weighted by molar-refractivity contribution is 0.0944. The van der Waals surface area contributed by atoms with E-state index in [-0.39, 0.29) is 11.7 Å². The van der Waals surface area contributed by atoms with Gasteiger partial charge < -0.3 is 10.6 Å². The van der Waals surface area contributed by atoms with Crippen LogP contribution in [-0.4, -0.2) is 17.4 Å². The lowest BCUT2D eigenvalue weighted by Gasteiger charge is -2.09. The standard InChI is InChI=1S/C16H18FN3O/c1-11(2)9-19-16(21)15-7-6-14(10-18-15)20-13-5-3-4-12(17)8-13/h3-8,10-11,20H,9H2,1-2H3,(H,19,21). The predicted molar refractivity (Wildman–Crippen MR) is 81.1 cm³/mol. The molecule has 1 aromatic carbocycles. The molecule has 21 heavy (non-hydrogen) atoms. The van der Waals surface area contributed by atoms with Crippen LogP contribution in [0.1, 0.15) is 24.3 Å². The molecule has 0 aliphatic carbocycles. The number of aromatic nitrogens is 1. The van der Waals surface area contributed by atoms with Crippen LogP contribution in [0.5, 0.6) is 0 Å². The maximum atomic E-state index is 13.1. The largest absolute Gasteiger partial charge is 0.354 e. The minimum Gasteiger partial charge on any atom is -0.354 e. The van der Waals surface area contributed by atoms with Crippen molar-refractivity contribution < 1.29 is 9.18 Å². The number of anilines is 2. The van der Waals surface area contributed by atoms with Crippen molar-refractivity contribution in [3.63, 3.8) is 0 Å². The van der Waals surface area contributed by atoms with E-state index in [1.54, 1.807) is 30.5 Å². The Bertz CT molecular complexity index is 611. The molecule has 4 nitrogen and oxygen atoms in total. The first-order valence-corrected chi connectivity index (χ1v) is 6.81. The molecule has 0 aliphatic heterocycles. The monoisotopic (exact) mass is 287 g/mol. The number of carbonyl (C=O) groups excluding carboxylic acids is 1. The number of pyridine rings is 1. The van der Waals surface area contributed by atoms with Crippen LogP contribution in [0.2, 0.25) is 0 Å². The molecule has 0 unspecified atom stereocenters. The number of halogens is 1. The van der Waals surface area contributed by atoms with Gasteiger partial charge in [-0.2, -0.15) is 0 Å². The van der Waals surface area contributed by atoms with E-state index >= 15 is 0 Å². The summed E-state index contributed by atoms with van der Waals surface area (Å²) in [5.41, 5.74) is 1.69. The summed E-state index contributed by atoms with van der Waals surface area (Å²) in [5, 5.41) is 5.83. The second-order valence-corrected chi connectivity index (χ2v) is 5.17. The number of hydrogen-bond acceptors (Lipinski definition) is 3. The minimum absolute atomic E-state index is 0.194. The molecule has 5 heteroatoms. The van der Waals surface area contributed by atoms with Crippen LogP contribution in [0.3, 0.4) is 0 Å². The zero-order valence-electron chi connectivity index (χ0n) is 12.1. The van der Waals surface area contributed by atoms with Gasteiger partial charge in [0.25, 0.3) is 5.91 Å². The Labute approximate surface area is 123 Å². The quantitative estimate of drug-likeness (QED) is 0.886. The van der Waals surface area contributed by atoms with Gasteiger partial charge in [0, 0.05) is 12.2 Å². The molecule has 0 bridgehead atoms. The van der Waals surface area contributed by atoms with Gasteiger partial charge in [0.15, 0.2) is 0 Å². The number of carbonyl (C=O) groups is 1. The third-order valence-electron chi connectivity index (χ3n) is 2.78. The van der Waals surface area contributed by atoms with Crippen molar-refractivity contribution in [3.8, 4) is 0 Å². The van der Waals surface area contributed by atoms with Gasteiger partial charge in [-0.3, -0.25) is 4.79 Å². The van der Waals surface area contributed by atoms with Crippen molar-refractivity contribution in [1.82, 2.24) is 10.3 Å². The Kier molecular flexibility index (Phi) is 4.87. The Morgan fingerprint density at radius 3 is 2.67 bits per heavy atom. The number of hydrogen-bond donors (Lipinski definition) is 2. The van der Waals surface area contributed by atoms with Gasteiger partial charge in [-0.1, -0.05) is 19.9 Å². The van der Waals surface area contributed by atoms with E-state index in [0.29, 0.717) is 29.5 Å². The lowest BCUT2D eigenvalue weighted by Crippen LogP contribution is -2.27. The number of benzene rings is 1. The predicted octanol–water partition coefficient (Wildman–Crippen LogP) is 3.35. The SMILES string of the molecule is CC(C)CNC(=O)c1ccc(Nc2cccc(F)c2)cn1. The highest BCUT2D eigenvalue weighted by atomic mass is 19.1. The maximum Gasteiger partial charge on any atom is 0.269 e. The molecule has 0 radical (unpaired) electrons. The zero-order valence-corrected chi connectivity index (χ0v) is 12.1. The topological polar surface area (TPSA) is 54.0 Å². The Morgan fingerprint density at radius 1 is 1.24 bits per heavy atom. The number of rotatable bonds is 5. The van der Waals surface area contributed by atoms with Crippen molar-refractivity contribution in [3.05, 3.63) is 54.1 Å². The van der Waals surface area contributed by atoms with Crippen molar-refractivity contribution in [2.24, 2.45) is 5.92 Å². The molecule has 0 saturated heterocycles. The summed E-state index contributed by atoms with van der Waals surface area (Å²) < 4.78 is 13.1. The van der Waals surface area contributed by atoms with Crippen LogP contribution in [0, 0.1) is 11.7 Å². The molecular weight excluding hydrogens is 269 g/mol. The van der Waals surface area contributed by atoms with Crippen LogP contribution >= 0.6 is 0 Å². The molecular formula is C16H18FN3O. The Hall–Kier alpha value is -2.43. The van der Waals surface area contributed by atoms with Gasteiger partial charge in [0.05, 0.1) is 11.9 Å². The number of amides is 1. The Morgan fingerprint density at radius 2 is 2.05 bits per heavy atom. The molecule has 0 fully saturated rings. The summed E-state index contributed by atoms with van der Waals surface area (Å²) >= 11 is 0. The van der Waals surface area contributed by atoms with Gasteiger partial charge in [-0.15, -0.1) is 0 Å². The van der Waals surface area contributed by atoms with Crippen molar-refractivity contribution in [2.45, 2.75) is 13.8 Å². The molecule has 1 aromatic heterocycles. The number of nitrogens with one attached hydrogen (secondary N) is 2. The summed E-state index contributed by atoms with van der Waals surface area (Å²) in [4.78, 5) is 15.9. The minimum atomic E-state index is -0.308. The Balaban J connectivity index is 2.00. The van der Waals surface area contributed by atoms with Gasteiger partial charge in [-0.25, -0.2) is 9.37 Å². The highest BCUT2D eigenvalue weighted by molar-refractivity contribution is 5.92. The van der Waals surface area contributed by atoms with E-state index in [9.17, 15) is 9.18 Å². The van der Waals surface area contributed by atoms with Gasteiger partial charge in [0.2, 0.25) is 0 Å². The fraction of sp³-hybridized carbons (Fsp3) is 0.250. The van der Waals surface area contributed by atoms with Gasteiger partial charge in [-0.05, 0) is 36.2 Å². The summed E-state index contributed by atoms with van der Waals surface area (Å²) in [7, 11) is 0. The molecule has 1 amide bonds. The molecule has 2 aromatic rings. The van der Waals surface area contributed by atoms with Gasteiger partial charge in [0.1, 0.15) is 11.5 Å². The van der Waals surface area contributed by atoms with E-state index in [2.05, 4.69) is 15.6 Å². The van der Waals surface area contributed by atoms with Crippen molar-refractivity contribution in [1.29, 1.82) is 0 Å². The summed E-state index contributed by atoms with van der Waals surface area (Å²) in [6, 6.07) is 9.53. The highest BCUT2D eigenvalue weighted by Gasteiger charge is 2.07. The van der Waals surface area contributed by atoms with Crippen molar-refractivity contribution in [2.75, 3.05) is 11.9 Å². The smallest absolute Gasteiger partial charge is 0.269 e. The second-order valence-electron chi connectivity index (χ2n) is 5.17. The first-order valence-electron chi connectivity index (χ1n) is 6.81. The van der Waals surface area contributed by atoms with E-state index < -0.39 is 0 Å². The maximum absolute atomic E-state index is 13.1. The average Bonchev–Trinajstić information content (AvgIpc) is 2.45. The van der Waals surface area contributed by atoms with Crippen molar-refractivity contribution >= 4 is 17.3 Å². The zero-order chi connectivity index (χ0) is 15.2. The molecule has 110 valence electrons. The van der Waals surface area contributed by atoms with Crippen LogP contribution in [-0.2, 0) is 0 Å². The van der Waals surface area contributed by atoms with Gasteiger partial charge >= 0.3 is 0 Å². The van der Waals surface area contributed by atoms with Crippen LogP contribution in [0.15, 0.2) is 42.6 Å². The van der Waals surface area contributed by atoms with Crippen LogP contribution in [0.25, 0.3) is 0 Å². The number of nitrogens with zero attached hydrogens (tertiary/aromatic N) is 1. The van der Waals surface area contributed by atoms with E-state index in [0.717, 1.165) is 0 Å². The third kappa shape index (κ3) is 4.56. The molecule has 0 saturated carbocycles. The lowest BCUT2D eigenvalue weighted by atomic mass is 10.2. The normalized spacial score (nSPS) is 10.5.